The summed E-state index contributed by atoms with van der Waals surface area (Å²) in [5, 5.41) is 9.15. The fraction of sp³-hybridized carbons (Fsp3) is 0.538. The van der Waals surface area contributed by atoms with Crippen molar-refractivity contribution in [3.63, 3.8) is 0 Å². The highest BCUT2D eigenvalue weighted by atomic mass is 16.5. The average molecular weight is 253 g/mol. The molecule has 0 aliphatic heterocycles. The van der Waals surface area contributed by atoms with E-state index >= 15 is 0 Å². The van der Waals surface area contributed by atoms with E-state index in [1.807, 2.05) is 13.8 Å². The standard InChI is InChI=1S/C13H19NO4/c1-5-18-9(3)7-14-10(4)12(13(16)17)8(2)6-11(14)15/h6,9H,5,7H2,1-4H3,(H,16,17). The van der Waals surface area contributed by atoms with Crippen LogP contribution in [-0.2, 0) is 11.3 Å². The molecular formula is C13H19NO4. The van der Waals surface area contributed by atoms with Crippen LogP contribution in [0.5, 0.6) is 0 Å². The summed E-state index contributed by atoms with van der Waals surface area (Å²) in [5.41, 5.74) is 0.962. The summed E-state index contributed by atoms with van der Waals surface area (Å²) in [4.78, 5) is 23.1. The van der Waals surface area contributed by atoms with Crippen LogP contribution < -0.4 is 5.56 Å². The number of carboxylic acids is 1. The lowest BCUT2D eigenvalue weighted by molar-refractivity contribution is 0.0618. The summed E-state index contributed by atoms with van der Waals surface area (Å²) in [6.45, 7) is 7.94. The zero-order valence-electron chi connectivity index (χ0n) is 11.2. The normalized spacial score (nSPS) is 12.4. The molecule has 1 aromatic heterocycles. The molecule has 0 aromatic carbocycles. The van der Waals surface area contributed by atoms with Crippen molar-refractivity contribution >= 4 is 5.97 Å². The first-order valence-electron chi connectivity index (χ1n) is 5.94. The second kappa shape index (κ2) is 5.82. The first-order chi connectivity index (χ1) is 8.38. The molecule has 5 heteroatoms. The van der Waals surface area contributed by atoms with E-state index in [0.717, 1.165) is 0 Å². The van der Waals surface area contributed by atoms with Gasteiger partial charge in [0.05, 0.1) is 18.2 Å². The Morgan fingerprint density at radius 1 is 1.50 bits per heavy atom. The molecule has 18 heavy (non-hydrogen) atoms. The number of nitrogens with zero attached hydrogens (tertiary/aromatic N) is 1. The first kappa shape index (κ1) is 14.4. The Hall–Kier alpha value is -1.62. The third kappa shape index (κ3) is 2.98. The van der Waals surface area contributed by atoms with Gasteiger partial charge >= 0.3 is 5.97 Å². The third-order valence-electron chi connectivity index (χ3n) is 2.87. The van der Waals surface area contributed by atoms with Crippen molar-refractivity contribution in [3.05, 3.63) is 33.2 Å². The monoisotopic (exact) mass is 253 g/mol. The van der Waals surface area contributed by atoms with Crippen LogP contribution in [0.15, 0.2) is 10.9 Å². The molecule has 1 N–H and O–H groups in total. The minimum absolute atomic E-state index is 0.129. The van der Waals surface area contributed by atoms with Gasteiger partial charge in [0.15, 0.2) is 0 Å². The molecule has 1 heterocycles. The van der Waals surface area contributed by atoms with Crippen molar-refractivity contribution in [2.24, 2.45) is 0 Å². The van der Waals surface area contributed by atoms with E-state index in [2.05, 4.69) is 0 Å². The van der Waals surface area contributed by atoms with Crippen LogP contribution >= 0.6 is 0 Å². The molecule has 0 bridgehead atoms. The van der Waals surface area contributed by atoms with Gasteiger partial charge in [-0.3, -0.25) is 4.79 Å². The molecular weight excluding hydrogens is 234 g/mol. The number of aryl methyl sites for hydroxylation is 1. The Morgan fingerprint density at radius 3 is 2.61 bits per heavy atom. The summed E-state index contributed by atoms with van der Waals surface area (Å²) < 4.78 is 6.83. The summed E-state index contributed by atoms with van der Waals surface area (Å²) in [6, 6.07) is 1.36. The van der Waals surface area contributed by atoms with Crippen molar-refractivity contribution in [1.82, 2.24) is 4.57 Å². The van der Waals surface area contributed by atoms with Crippen LogP contribution in [-0.4, -0.2) is 28.4 Å². The summed E-state index contributed by atoms with van der Waals surface area (Å²) >= 11 is 0. The Kier molecular flexibility index (Phi) is 4.67. The van der Waals surface area contributed by atoms with Gasteiger partial charge in [0.2, 0.25) is 0 Å². The molecule has 0 fully saturated rings. The zero-order chi connectivity index (χ0) is 13.9. The molecule has 1 rings (SSSR count). The van der Waals surface area contributed by atoms with E-state index in [9.17, 15) is 9.59 Å². The number of hydrogen-bond donors (Lipinski definition) is 1. The van der Waals surface area contributed by atoms with Gasteiger partial charge in [-0.05, 0) is 33.3 Å². The molecule has 0 aliphatic rings. The maximum Gasteiger partial charge on any atom is 0.337 e. The largest absolute Gasteiger partial charge is 0.478 e. The van der Waals surface area contributed by atoms with Gasteiger partial charge in [0, 0.05) is 18.4 Å². The molecule has 100 valence electrons. The van der Waals surface area contributed by atoms with E-state index < -0.39 is 5.97 Å². The minimum atomic E-state index is -1.01. The van der Waals surface area contributed by atoms with Crippen LogP contribution in [0.3, 0.4) is 0 Å². The van der Waals surface area contributed by atoms with Gasteiger partial charge in [-0.1, -0.05) is 0 Å². The molecule has 0 radical (unpaired) electrons. The lowest BCUT2D eigenvalue weighted by Crippen LogP contribution is -2.30. The van der Waals surface area contributed by atoms with Crippen LogP contribution in [0.4, 0.5) is 0 Å². The van der Waals surface area contributed by atoms with E-state index in [4.69, 9.17) is 9.84 Å². The van der Waals surface area contributed by atoms with Crippen LogP contribution in [0.1, 0.15) is 35.5 Å². The molecule has 1 atom stereocenters. The second-order valence-electron chi connectivity index (χ2n) is 4.31. The van der Waals surface area contributed by atoms with Crippen LogP contribution in [0.2, 0.25) is 0 Å². The zero-order valence-corrected chi connectivity index (χ0v) is 11.2. The number of hydrogen-bond acceptors (Lipinski definition) is 3. The van der Waals surface area contributed by atoms with Gasteiger partial charge in [-0.25, -0.2) is 4.79 Å². The fourth-order valence-electron chi connectivity index (χ4n) is 2.07. The van der Waals surface area contributed by atoms with Crippen LogP contribution in [0.25, 0.3) is 0 Å². The number of carbonyl (C=O) groups is 1. The van der Waals surface area contributed by atoms with Gasteiger partial charge < -0.3 is 14.4 Å². The average Bonchev–Trinajstić information content (AvgIpc) is 2.23. The Labute approximate surface area is 106 Å². The number of pyridine rings is 1. The van der Waals surface area contributed by atoms with Gasteiger partial charge in [0.1, 0.15) is 0 Å². The topological polar surface area (TPSA) is 68.5 Å². The smallest absolute Gasteiger partial charge is 0.337 e. The molecule has 0 saturated heterocycles. The van der Waals surface area contributed by atoms with Crippen molar-refractivity contribution in [1.29, 1.82) is 0 Å². The number of aromatic carboxylic acids is 1. The second-order valence-corrected chi connectivity index (χ2v) is 4.31. The number of aromatic nitrogens is 1. The molecule has 0 spiro atoms. The number of ether oxygens (including phenoxy) is 1. The molecule has 1 unspecified atom stereocenters. The Bertz CT molecular complexity index is 504. The van der Waals surface area contributed by atoms with E-state index in [-0.39, 0.29) is 17.2 Å². The van der Waals surface area contributed by atoms with Gasteiger partial charge in [0.25, 0.3) is 5.56 Å². The summed E-state index contributed by atoms with van der Waals surface area (Å²) in [5.74, 6) is -1.01. The highest BCUT2D eigenvalue weighted by Crippen LogP contribution is 2.12. The van der Waals surface area contributed by atoms with Crippen molar-refractivity contribution in [2.75, 3.05) is 6.61 Å². The van der Waals surface area contributed by atoms with E-state index in [1.54, 1.807) is 13.8 Å². The predicted octanol–water partition coefficient (Wildman–Crippen LogP) is 1.59. The van der Waals surface area contributed by atoms with Gasteiger partial charge in [-0.2, -0.15) is 0 Å². The van der Waals surface area contributed by atoms with E-state index in [1.165, 1.54) is 10.6 Å². The molecule has 0 aliphatic carbocycles. The van der Waals surface area contributed by atoms with Gasteiger partial charge in [-0.15, -0.1) is 0 Å². The summed E-state index contributed by atoms with van der Waals surface area (Å²) in [7, 11) is 0. The Balaban J connectivity index is 3.24. The minimum Gasteiger partial charge on any atom is -0.478 e. The third-order valence-corrected chi connectivity index (χ3v) is 2.87. The Morgan fingerprint density at radius 2 is 2.11 bits per heavy atom. The van der Waals surface area contributed by atoms with Crippen molar-refractivity contribution in [2.45, 2.75) is 40.3 Å². The fourth-order valence-corrected chi connectivity index (χ4v) is 2.07. The molecule has 0 saturated carbocycles. The van der Waals surface area contributed by atoms with Crippen molar-refractivity contribution in [3.8, 4) is 0 Å². The maximum absolute atomic E-state index is 11.9. The highest BCUT2D eigenvalue weighted by molar-refractivity contribution is 5.90. The molecule has 0 amide bonds. The molecule has 1 aromatic rings. The predicted molar refractivity (Wildman–Crippen MR) is 68.2 cm³/mol. The highest BCUT2D eigenvalue weighted by Gasteiger charge is 2.16. The quantitative estimate of drug-likeness (QED) is 0.865. The number of rotatable bonds is 5. The van der Waals surface area contributed by atoms with E-state index in [0.29, 0.717) is 24.4 Å². The lowest BCUT2D eigenvalue weighted by Gasteiger charge is -2.18. The lowest BCUT2D eigenvalue weighted by atomic mass is 10.1. The first-order valence-corrected chi connectivity index (χ1v) is 5.94. The van der Waals surface area contributed by atoms with Crippen LogP contribution in [0, 0.1) is 13.8 Å². The number of carboxylic acid groups (broad SMARTS) is 1. The molecule has 5 nitrogen and oxygen atoms in total. The summed E-state index contributed by atoms with van der Waals surface area (Å²) in [6.07, 6.45) is -0.129. The SMILES string of the molecule is CCOC(C)Cn1c(C)c(C(=O)O)c(C)cc1=O. The maximum atomic E-state index is 11.9. The van der Waals surface area contributed by atoms with Crippen molar-refractivity contribution < 1.29 is 14.6 Å².